The highest BCUT2D eigenvalue weighted by atomic mass is 16.5. The van der Waals surface area contributed by atoms with Crippen LogP contribution < -0.4 is 5.32 Å². The van der Waals surface area contributed by atoms with Gasteiger partial charge in [0.05, 0.1) is 18.2 Å². The van der Waals surface area contributed by atoms with E-state index in [1.807, 2.05) is 44.2 Å². The summed E-state index contributed by atoms with van der Waals surface area (Å²) >= 11 is 0. The normalized spacial score (nSPS) is 15.8. The zero-order valence-corrected chi connectivity index (χ0v) is 18.3. The highest BCUT2D eigenvalue weighted by molar-refractivity contribution is 5.80. The Balaban J connectivity index is 1.31. The third-order valence-electron chi connectivity index (χ3n) is 5.76. The molecule has 0 aliphatic carbocycles. The van der Waals surface area contributed by atoms with Crippen LogP contribution in [0.25, 0.3) is 0 Å². The van der Waals surface area contributed by atoms with E-state index in [-0.39, 0.29) is 30.7 Å². The first-order valence-corrected chi connectivity index (χ1v) is 10.9. The van der Waals surface area contributed by atoms with Crippen LogP contribution in [0, 0.1) is 13.8 Å². The van der Waals surface area contributed by atoms with E-state index in [0.717, 1.165) is 29.7 Å². The van der Waals surface area contributed by atoms with E-state index in [9.17, 15) is 9.59 Å². The second-order valence-corrected chi connectivity index (χ2v) is 8.03. The number of benzene rings is 1. The summed E-state index contributed by atoms with van der Waals surface area (Å²) in [6.45, 7) is 4.78. The molecule has 1 saturated heterocycles. The molecule has 9 heteroatoms. The monoisotopic (exact) mass is 437 g/mol. The molecule has 168 valence electrons. The van der Waals surface area contributed by atoms with Crippen LogP contribution >= 0.6 is 0 Å². The second kappa shape index (κ2) is 9.76. The van der Waals surface area contributed by atoms with Gasteiger partial charge < -0.3 is 19.3 Å². The number of rotatable bonds is 8. The number of amides is 2. The Morgan fingerprint density at radius 3 is 2.72 bits per heavy atom. The SMILES string of the molecule is Cc1noc(C)c1CC(=O)N1CCCC1c1noc(CCC(=O)NCc2ccccc2)n1. The smallest absolute Gasteiger partial charge is 0.227 e. The van der Waals surface area contributed by atoms with Crippen LogP contribution in [-0.2, 0) is 29.0 Å². The standard InChI is InChI=1S/C23H27N5O4/c1-15-18(16(2)31-26-15)13-22(30)28-12-6-9-19(28)23-25-21(32-27-23)11-10-20(29)24-14-17-7-4-3-5-8-17/h3-5,7-8,19H,6,9-14H2,1-2H3,(H,24,29). The number of aryl methyl sites for hydroxylation is 3. The van der Waals surface area contributed by atoms with Crippen LogP contribution in [-0.4, -0.2) is 38.6 Å². The Labute approximate surface area is 186 Å². The van der Waals surface area contributed by atoms with E-state index in [1.54, 1.807) is 4.90 Å². The van der Waals surface area contributed by atoms with Crippen molar-refractivity contribution in [2.75, 3.05) is 6.54 Å². The summed E-state index contributed by atoms with van der Waals surface area (Å²) in [7, 11) is 0. The zero-order valence-electron chi connectivity index (χ0n) is 18.3. The summed E-state index contributed by atoms with van der Waals surface area (Å²) in [5.41, 5.74) is 2.61. The molecule has 1 N–H and O–H groups in total. The third-order valence-corrected chi connectivity index (χ3v) is 5.76. The summed E-state index contributed by atoms with van der Waals surface area (Å²) in [4.78, 5) is 31.3. The van der Waals surface area contributed by atoms with Gasteiger partial charge in [0.15, 0.2) is 5.82 Å². The molecule has 3 heterocycles. The van der Waals surface area contributed by atoms with Crippen LogP contribution in [0.2, 0.25) is 0 Å². The quantitative estimate of drug-likeness (QED) is 0.576. The number of aromatic nitrogens is 3. The van der Waals surface area contributed by atoms with Crippen molar-refractivity contribution in [3.8, 4) is 0 Å². The number of hydrogen-bond donors (Lipinski definition) is 1. The van der Waals surface area contributed by atoms with Crippen LogP contribution in [0.1, 0.15) is 59.6 Å². The fourth-order valence-electron chi connectivity index (χ4n) is 3.95. The van der Waals surface area contributed by atoms with Crippen molar-refractivity contribution in [2.45, 2.75) is 58.5 Å². The van der Waals surface area contributed by atoms with Crippen molar-refractivity contribution in [2.24, 2.45) is 0 Å². The lowest BCUT2D eigenvalue weighted by atomic mass is 10.1. The number of carbonyl (C=O) groups is 2. The van der Waals surface area contributed by atoms with Crippen molar-refractivity contribution < 1.29 is 18.6 Å². The number of hydrogen-bond acceptors (Lipinski definition) is 7. The van der Waals surface area contributed by atoms with Crippen LogP contribution in [0.3, 0.4) is 0 Å². The topological polar surface area (TPSA) is 114 Å². The molecule has 2 amide bonds. The first-order chi connectivity index (χ1) is 15.5. The Hall–Kier alpha value is -3.49. The summed E-state index contributed by atoms with van der Waals surface area (Å²) in [6, 6.07) is 9.52. The Morgan fingerprint density at radius 2 is 1.97 bits per heavy atom. The molecular formula is C23H27N5O4. The van der Waals surface area contributed by atoms with Gasteiger partial charge in [0.25, 0.3) is 0 Å². The average molecular weight is 438 g/mol. The van der Waals surface area contributed by atoms with Crippen molar-refractivity contribution >= 4 is 11.8 Å². The lowest BCUT2D eigenvalue weighted by Gasteiger charge is -2.22. The molecule has 0 spiro atoms. The van der Waals surface area contributed by atoms with E-state index >= 15 is 0 Å². The van der Waals surface area contributed by atoms with Gasteiger partial charge in [-0.15, -0.1) is 0 Å². The van der Waals surface area contributed by atoms with Crippen LogP contribution in [0.4, 0.5) is 0 Å². The van der Waals surface area contributed by atoms with Gasteiger partial charge in [0.2, 0.25) is 17.7 Å². The number of nitrogens with one attached hydrogen (secondary N) is 1. The minimum absolute atomic E-state index is 0.00598. The van der Waals surface area contributed by atoms with E-state index in [2.05, 4.69) is 20.6 Å². The molecular weight excluding hydrogens is 410 g/mol. The molecule has 3 aromatic rings. The predicted molar refractivity (Wildman–Crippen MR) is 114 cm³/mol. The lowest BCUT2D eigenvalue weighted by Crippen LogP contribution is -2.32. The van der Waals surface area contributed by atoms with Crippen LogP contribution in [0.5, 0.6) is 0 Å². The summed E-state index contributed by atoms with van der Waals surface area (Å²) in [6.07, 6.45) is 2.51. The first-order valence-electron chi connectivity index (χ1n) is 10.9. The first kappa shape index (κ1) is 21.7. The predicted octanol–water partition coefficient (Wildman–Crippen LogP) is 2.83. The number of likely N-dealkylation sites (tertiary alicyclic amines) is 1. The molecule has 1 atom stereocenters. The summed E-state index contributed by atoms with van der Waals surface area (Å²) < 4.78 is 10.5. The molecule has 1 aliphatic rings. The van der Waals surface area contributed by atoms with E-state index in [1.165, 1.54) is 0 Å². The number of nitrogens with zero attached hydrogens (tertiary/aromatic N) is 4. The molecule has 1 unspecified atom stereocenters. The van der Waals surface area contributed by atoms with Crippen molar-refractivity contribution in [3.63, 3.8) is 0 Å². The molecule has 0 saturated carbocycles. The van der Waals surface area contributed by atoms with E-state index in [0.29, 0.717) is 37.0 Å². The van der Waals surface area contributed by atoms with Crippen molar-refractivity contribution in [1.82, 2.24) is 25.5 Å². The van der Waals surface area contributed by atoms with Gasteiger partial charge in [-0.25, -0.2) is 0 Å². The fourth-order valence-corrected chi connectivity index (χ4v) is 3.95. The minimum Gasteiger partial charge on any atom is -0.361 e. The molecule has 2 aromatic heterocycles. The maximum atomic E-state index is 12.9. The Bertz CT molecular complexity index is 1060. The van der Waals surface area contributed by atoms with Gasteiger partial charge in [0, 0.05) is 31.5 Å². The Morgan fingerprint density at radius 1 is 1.16 bits per heavy atom. The van der Waals surface area contributed by atoms with E-state index < -0.39 is 0 Å². The van der Waals surface area contributed by atoms with Crippen LogP contribution in [0.15, 0.2) is 39.4 Å². The van der Waals surface area contributed by atoms with Gasteiger partial charge >= 0.3 is 0 Å². The molecule has 9 nitrogen and oxygen atoms in total. The average Bonchev–Trinajstić information content (AvgIpc) is 3.53. The largest absolute Gasteiger partial charge is 0.361 e. The van der Waals surface area contributed by atoms with E-state index in [4.69, 9.17) is 9.05 Å². The zero-order chi connectivity index (χ0) is 22.5. The van der Waals surface area contributed by atoms with Gasteiger partial charge in [-0.3, -0.25) is 9.59 Å². The molecule has 1 fully saturated rings. The maximum absolute atomic E-state index is 12.9. The molecule has 1 aromatic carbocycles. The second-order valence-electron chi connectivity index (χ2n) is 8.03. The highest BCUT2D eigenvalue weighted by Crippen LogP contribution is 2.31. The summed E-state index contributed by atoms with van der Waals surface area (Å²) in [5, 5.41) is 10.9. The Kier molecular flexibility index (Phi) is 6.63. The van der Waals surface area contributed by atoms with Gasteiger partial charge in [-0.05, 0) is 32.3 Å². The van der Waals surface area contributed by atoms with Crippen molar-refractivity contribution in [1.29, 1.82) is 0 Å². The lowest BCUT2D eigenvalue weighted by molar-refractivity contribution is -0.131. The highest BCUT2D eigenvalue weighted by Gasteiger charge is 2.34. The fraction of sp³-hybridized carbons (Fsp3) is 0.435. The molecule has 32 heavy (non-hydrogen) atoms. The minimum atomic E-state index is -0.215. The molecule has 0 radical (unpaired) electrons. The molecule has 1 aliphatic heterocycles. The molecule has 4 rings (SSSR count). The maximum Gasteiger partial charge on any atom is 0.227 e. The van der Waals surface area contributed by atoms with Gasteiger partial charge in [0.1, 0.15) is 5.76 Å². The molecule has 0 bridgehead atoms. The third kappa shape index (κ3) is 5.04. The number of carbonyl (C=O) groups excluding carboxylic acids is 2. The van der Waals surface area contributed by atoms with Crippen molar-refractivity contribution in [3.05, 3.63) is 64.6 Å². The van der Waals surface area contributed by atoms with Gasteiger partial charge in [-0.1, -0.05) is 40.6 Å². The van der Waals surface area contributed by atoms with Gasteiger partial charge in [-0.2, -0.15) is 4.98 Å². The summed E-state index contributed by atoms with van der Waals surface area (Å²) in [5.74, 6) is 1.48.